The molecule has 0 aromatic heterocycles. The van der Waals surface area contributed by atoms with E-state index in [4.69, 9.17) is 11.6 Å². The van der Waals surface area contributed by atoms with Crippen LogP contribution in [0.4, 0.5) is 5.69 Å². The first-order valence-corrected chi connectivity index (χ1v) is 13.6. The SMILES string of the molecule is Cc1ccccc1NS(=O)(=O)c1cc(C(=O)NCc2ccc(CN3CCCCC3)cc2)ccc1Cl. The van der Waals surface area contributed by atoms with E-state index in [2.05, 4.69) is 27.1 Å². The summed E-state index contributed by atoms with van der Waals surface area (Å²) in [5.74, 6) is -0.369. The number of amides is 1. The van der Waals surface area contributed by atoms with Gasteiger partial charge in [0.05, 0.1) is 10.7 Å². The number of rotatable bonds is 8. The van der Waals surface area contributed by atoms with Crippen molar-refractivity contribution in [1.29, 1.82) is 0 Å². The van der Waals surface area contributed by atoms with Crippen molar-refractivity contribution in [2.24, 2.45) is 0 Å². The number of carbonyl (C=O) groups is 1. The van der Waals surface area contributed by atoms with Crippen LogP contribution >= 0.6 is 11.6 Å². The third kappa shape index (κ3) is 6.63. The highest BCUT2D eigenvalue weighted by Gasteiger charge is 2.21. The molecule has 1 saturated heterocycles. The minimum absolute atomic E-state index is 0.0481. The van der Waals surface area contributed by atoms with E-state index in [0.717, 1.165) is 30.8 Å². The van der Waals surface area contributed by atoms with Crippen LogP contribution in [0.2, 0.25) is 5.02 Å². The number of para-hydroxylation sites is 1. The summed E-state index contributed by atoms with van der Waals surface area (Å²) in [6, 6.07) is 19.5. The topological polar surface area (TPSA) is 78.5 Å². The summed E-state index contributed by atoms with van der Waals surface area (Å²) in [4.78, 5) is 15.1. The quantitative estimate of drug-likeness (QED) is 0.426. The predicted molar refractivity (Wildman–Crippen MR) is 140 cm³/mol. The number of sulfonamides is 1. The normalized spacial score (nSPS) is 14.5. The summed E-state index contributed by atoms with van der Waals surface area (Å²) in [6.07, 6.45) is 3.85. The standard InChI is InChI=1S/C27H30ClN3O3S/c1-20-7-3-4-8-25(20)30-35(33,34)26-17-23(13-14-24(26)28)27(32)29-18-21-9-11-22(12-10-21)19-31-15-5-2-6-16-31/h3-4,7-14,17,30H,2,5-6,15-16,18-19H2,1H3,(H,29,32). The summed E-state index contributed by atoms with van der Waals surface area (Å²) in [5, 5.41) is 2.91. The first-order valence-electron chi connectivity index (χ1n) is 11.8. The molecule has 6 nitrogen and oxygen atoms in total. The molecule has 0 radical (unpaired) electrons. The molecular weight excluding hydrogens is 482 g/mol. The van der Waals surface area contributed by atoms with Gasteiger partial charge in [0.2, 0.25) is 0 Å². The molecule has 0 bridgehead atoms. The van der Waals surface area contributed by atoms with Crippen molar-refractivity contribution in [3.8, 4) is 0 Å². The summed E-state index contributed by atoms with van der Waals surface area (Å²) in [5.41, 5.74) is 3.70. The summed E-state index contributed by atoms with van der Waals surface area (Å²) in [6.45, 7) is 5.40. The van der Waals surface area contributed by atoms with E-state index in [1.165, 1.54) is 43.0 Å². The first-order chi connectivity index (χ1) is 16.8. The molecule has 1 fully saturated rings. The van der Waals surface area contributed by atoms with E-state index in [-0.39, 0.29) is 21.4 Å². The highest BCUT2D eigenvalue weighted by molar-refractivity contribution is 7.92. The van der Waals surface area contributed by atoms with Crippen molar-refractivity contribution in [1.82, 2.24) is 10.2 Å². The van der Waals surface area contributed by atoms with Crippen LogP contribution in [0.15, 0.2) is 71.6 Å². The number of nitrogens with one attached hydrogen (secondary N) is 2. The molecule has 3 aromatic rings. The zero-order valence-corrected chi connectivity index (χ0v) is 21.3. The van der Waals surface area contributed by atoms with Gasteiger partial charge >= 0.3 is 0 Å². The fourth-order valence-corrected chi connectivity index (χ4v) is 5.82. The second kappa shape index (κ2) is 11.2. The molecule has 0 unspecified atom stereocenters. The lowest BCUT2D eigenvalue weighted by molar-refractivity contribution is 0.0950. The predicted octanol–water partition coefficient (Wildman–Crippen LogP) is 5.37. The lowest BCUT2D eigenvalue weighted by Gasteiger charge is -2.26. The van der Waals surface area contributed by atoms with Crippen LogP contribution in [-0.2, 0) is 23.1 Å². The Labute approximate surface area is 212 Å². The second-order valence-electron chi connectivity index (χ2n) is 8.90. The van der Waals surface area contributed by atoms with E-state index in [9.17, 15) is 13.2 Å². The van der Waals surface area contributed by atoms with Gasteiger partial charge in [-0.25, -0.2) is 8.42 Å². The van der Waals surface area contributed by atoms with Crippen LogP contribution < -0.4 is 10.0 Å². The van der Waals surface area contributed by atoms with E-state index >= 15 is 0 Å². The van der Waals surface area contributed by atoms with Gasteiger partial charge in [0, 0.05) is 18.7 Å². The van der Waals surface area contributed by atoms with Gasteiger partial charge in [0.25, 0.3) is 15.9 Å². The average molecular weight is 512 g/mol. The Morgan fingerprint density at radius 2 is 1.63 bits per heavy atom. The van der Waals surface area contributed by atoms with E-state index < -0.39 is 10.0 Å². The number of anilines is 1. The molecular formula is C27H30ClN3O3S. The molecule has 4 rings (SSSR count). The number of hydrogen-bond acceptors (Lipinski definition) is 4. The van der Waals surface area contributed by atoms with E-state index in [1.807, 2.05) is 31.2 Å². The number of hydrogen-bond donors (Lipinski definition) is 2. The van der Waals surface area contributed by atoms with Gasteiger partial charge in [-0.2, -0.15) is 0 Å². The number of likely N-dealkylation sites (tertiary alicyclic amines) is 1. The molecule has 2 N–H and O–H groups in total. The molecule has 3 aromatic carbocycles. The van der Waals surface area contributed by atoms with Gasteiger partial charge in [0.1, 0.15) is 4.90 Å². The van der Waals surface area contributed by atoms with Crippen LogP contribution in [0.3, 0.4) is 0 Å². The fraction of sp³-hybridized carbons (Fsp3) is 0.296. The molecule has 0 saturated carbocycles. The summed E-state index contributed by atoms with van der Waals surface area (Å²) < 4.78 is 28.5. The molecule has 0 aliphatic carbocycles. The van der Waals surface area contributed by atoms with Crippen molar-refractivity contribution in [2.75, 3.05) is 17.8 Å². The Morgan fingerprint density at radius 1 is 0.943 bits per heavy atom. The Morgan fingerprint density at radius 3 is 2.34 bits per heavy atom. The zero-order chi connectivity index (χ0) is 24.8. The monoisotopic (exact) mass is 511 g/mol. The van der Waals surface area contributed by atoms with Crippen LogP contribution in [-0.4, -0.2) is 32.3 Å². The molecule has 1 aliphatic rings. The number of benzene rings is 3. The molecule has 0 atom stereocenters. The fourth-order valence-electron chi connectivity index (χ4n) is 4.16. The molecule has 0 spiro atoms. The van der Waals surface area contributed by atoms with Gasteiger partial charge in [-0.1, -0.05) is 60.5 Å². The lowest BCUT2D eigenvalue weighted by Crippen LogP contribution is -2.29. The lowest BCUT2D eigenvalue weighted by atomic mass is 10.1. The third-order valence-corrected chi connectivity index (χ3v) is 8.05. The minimum Gasteiger partial charge on any atom is -0.348 e. The Hall–Kier alpha value is -2.87. The number of nitrogens with zero attached hydrogens (tertiary/aromatic N) is 1. The van der Waals surface area contributed by atoms with Crippen molar-refractivity contribution >= 4 is 33.2 Å². The third-order valence-electron chi connectivity index (χ3n) is 6.20. The van der Waals surface area contributed by atoms with Gasteiger partial charge in [-0.05, 0) is 73.8 Å². The van der Waals surface area contributed by atoms with Gasteiger partial charge in [-0.15, -0.1) is 0 Å². The van der Waals surface area contributed by atoms with Crippen molar-refractivity contribution < 1.29 is 13.2 Å². The van der Waals surface area contributed by atoms with Gasteiger partial charge < -0.3 is 5.32 Å². The summed E-state index contributed by atoms with van der Waals surface area (Å²) in [7, 11) is -3.97. The Kier molecular flexibility index (Phi) is 8.11. The van der Waals surface area contributed by atoms with Gasteiger partial charge in [-0.3, -0.25) is 14.4 Å². The number of halogens is 1. The van der Waals surface area contributed by atoms with Crippen molar-refractivity contribution in [3.05, 3.63) is 94.0 Å². The Balaban J connectivity index is 1.40. The van der Waals surface area contributed by atoms with E-state index in [1.54, 1.807) is 12.1 Å². The van der Waals surface area contributed by atoms with Crippen LogP contribution in [0, 0.1) is 6.92 Å². The van der Waals surface area contributed by atoms with Crippen LogP contribution in [0.25, 0.3) is 0 Å². The molecule has 184 valence electrons. The maximum atomic E-state index is 13.0. The minimum atomic E-state index is -3.97. The van der Waals surface area contributed by atoms with Gasteiger partial charge in [0.15, 0.2) is 0 Å². The number of piperidine rings is 1. The highest BCUT2D eigenvalue weighted by Crippen LogP contribution is 2.26. The average Bonchev–Trinajstić information content (AvgIpc) is 2.85. The largest absolute Gasteiger partial charge is 0.348 e. The molecule has 8 heteroatoms. The molecule has 35 heavy (non-hydrogen) atoms. The summed E-state index contributed by atoms with van der Waals surface area (Å²) >= 11 is 6.19. The first kappa shape index (κ1) is 25.2. The second-order valence-corrected chi connectivity index (χ2v) is 11.0. The Bertz CT molecular complexity index is 1290. The smallest absolute Gasteiger partial charge is 0.263 e. The number of carbonyl (C=O) groups excluding carboxylic acids is 1. The molecule has 1 aliphatic heterocycles. The van der Waals surface area contributed by atoms with Crippen molar-refractivity contribution in [2.45, 2.75) is 44.2 Å². The highest BCUT2D eigenvalue weighted by atomic mass is 35.5. The van der Waals surface area contributed by atoms with E-state index in [0.29, 0.717) is 12.2 Å². The zero-order valence-electron chi connectivity index (χ0n) is 19.8. The molecule has 1 heterocycles. The van der Waals surface area contributed by atoms with Crippen molar-refractivity contribution in [3.63, 3.8) is 0 Å². The van der Waals surface area contributed by atoms with Crippen LogP contribution in [0.1, 0.15) is 46.3 Å². The van der Waals surface area contributed by atoms with Crippen LogP contribution in [0.5, 0.6) is 0 Å². The molecule has 1 amide bonds. The maximum absolute atomic E-state index is 13.0. The maximum Gasteiger partial charge on any atom is 0.263 e. The number of aryl methyl sites for hydroxylation is 1.